The number of fused-ring (bicyclic) bond motifs is 1. The fourth-order valence-corrected chi connectivity index (χ4v) is 2.84. The number of carbonyl (C=O) groups excluding carboxylic acids is 2. The number of nitrogens with zero attached hydrogens (tertiary/aromatic N) is 2. The molecule has 1 aliphatic carbocycles. The van der Waals surface area contributed by atoms with Crippen LogP contribution in [0.15, 0.2) is 17.8 Å². The van der Waals surface area contributed by atoms with Crippen molar-refractivity contribution in [2.45, 2.75) is 6.61 Å². The molecule has 1 aromatic rings. The zero-order chi connectivity index (χ0) is 15.9. The fraction of sp³-hybridized carbons (Fsp3) is 0.375. The van der Waals surface area contributed by atoms with Crippen LogP contribution in [0, 0.1) is 0 Å². The summed E-state index contributed by atoms with van der Waals surface area (Å²) in [6.45, 7) is 1.71. The topological polar surface area (TPSA) is 71.5 Å². The van der Waals surface area contributed by atoms with Crippen LogP contribution in [0.4, 0.5) is 0 Å². The highest BCUT2D eigenvalue weighted by Crippen LogP contribution is 2.33. The molecule has 1 saturated heterocycles. The van der Waals surface area contributed by atoms with Gasteiger partial charge >= 0.3 is 0 Å². The van der Waals surface area contributed by atoms with Crippen LogP contribution in [-0.2, 0) is 18.4 Å². The number of methoxy groups -OCH3 is 1. The molecule has 1 aliphatic heterocycles. The maximum atomic E-state index is 12.7. The summed E-state index contributed by atoms with van der Waals surface area (Å²) >= 11 is 0. The predicted octanol–water partition coefficient (Wildman–Crippen LogP) is 0.756. The number of hydrogen-bond donors (Lipinski definition) is 1. The van der Waals surface area contributed by atoms with E-state index in [4.69, 9.17) is 4.74 Å². The highest BCUT2D eigenvalue weighted by atomic mass is 16.5. The summed E-state index contributed by atoms with van der Waals surface area (Å²) in [6, 6.07) is 0. The highest BCUT2D eigenvalue weighted by Gasteiger charge is 2.37. The van der Waals surface area contributed by atoms with Gasteiger partial charge in [-0.15, -0.1) is 0 Å². The van der Waals surface area contributed by atoms with Crippen molar-refractivity contribution in [2.24, 2.45) is 7.05 Å². The van der Waals surface area contributed by atoms with Gasteiger partial charge in [0.1, 0.15) is 5.69 Å². The smallest absolute Gasteiger partial charge is 0.211 e. The van der Waals surface area contributed by atoms with E-state index in [0.29, 0.717) is 34.8 Å². The largest absolute Gasteiger partial charge is 0.392 e. The average Bonchev–Trinajstić information content (AvgIpc) is 3.29. The van der Waals surface area contributed by atoms with Crippen LogP contribution in [0.2, 0.25) is 0 Å². The van der Waals surface area contributed by atoms with Gasteiger partial charge in [-0.05, 0) is 6.08 Å². The van der Waals surface area contributed by atoms with Crippen molar-refractivity contribution in [3.8, 4) is 0 Å². The Morgan fingerprint density at radius 1 is 1.36 bits per heavy atom. The number of carbonyl (C=O) groups is 2. The lowest BCUT2D eigenvalue weighted by atomic mass is 9.95. The Labute approximate surface area is 128 Å². The van der Waals surface area contributed by atoms with Gasteiger partial charge in [-0.2, -0.15) is 0 Å². The number of hydrogen-bond acceptors (Lipinski definition) is 5. The summed E-state index contributed by atoms with van der Waals surface area (Å²) in [6.07, 6.45) is 4.96. The van der Waals surface area contributed by atoms with Gasteiger partial charge < -0.3 is 19.3 Å². The molecule has 1 fully saturated rings. The van der Waals surface area contributed by atoms with E-state index in [0.717, 1.165) is 13.1 Å². The second-order valence-corrected chi connectivity index (χ2v) is 5.37. The van der Waals surface area contributed by atoms with Crippen molar-refractivity contribution >= 4 is 17.6 Å². The Kier molecular flexibility index (Phi) is 3.72. The van der Waals surface area contributed by atoms with Gasteiger partial charge in [-0.3, -0.25) is 9.59 Å². The molecule has 1 N–H and O–H groups in total. The zero-order valence-corrected chi connectivity index (χ0v) is 12.6. The quantitative estimate of drug-likeness (QED) is 0.813. The van der Waals surface area contributed by atoms with Crippen molar-refractivity contribution in [1.29, 1.82) is 0 Å². The SMILES string of the molecule is COC/C=C/c1c(CO)c2c(n1C)C(=O)C=C(N1CC1)C2=O. The molecule has 0 saturated carbocycles. The van der Waals surface area contributed by atoms with E-state index in [1.807, 2.05) is 4.90 Å². The summed E-state index contributed by atoms with van der Waals surface area (Å²) < 4.78 is 6.64. The van der Waals surface area contributed by atoms with E-state index in [9.17, 15) is 14.7 Å². The van der Waals surface area contributed by atoms with Crippen LogP contribution in [0.3, 0.4) is 0 Å². The van der Waals surface area contributed by atoms with Crippen molar-refractivity contribution in [2.75, 3.05) is 26.8 Å². The first-order chi connectivity index (χ1) is 10.6. The van der Waals surface area contributed by atoms with Crippen LogP contribution in [0.1, 0.15) is 32.1 Å². The van der Waals surface area contributed by atoms with Gasteiger partial charge in [0.05, 0.1) is 24.5 Å². The number of rotatable bonds is 5. The Morgan fingerprint density at radius 3 is 2.68 bits per heavy atom. The number of aromatic nitrogens is 1. The van der Waals surface area contributed by atoms with Gasteiger partial charge in [0.25, 0.3) is 0 Å². The molecule has 2 heterocycles. The highest BCUT2D eigenvalue weighted by molar-refractivity contribution is 6.25. The molecular formula is C16H18N2O4. The molecule has 2 aliphatic rings. The number of Topliss-reactive ketones (excluding diaryl/α,β-unsaturated/α-hetero) is 1. The molecule has 0 atom stereocenters. The van der Waals surface area contributed by atoms with E-state index in [1.54, 1.807) is 30.9 Å². The predicted molar refractivity (Wildman–Crippen MR) is 80.6 cm³/mol. The first-order valence-corrected chi connectivity index (χ1v) is 7.13. The lowest BCUT2D eigenvalue weighted by molar-refractivity contribution is 0.0964. The minimum atomic E-state index is -0.290. The molecular weight excluding hydrogens is 284 g/mol. The summed E-state index contributed by atoms with van der Waals surface area (Å²) in [5, 5.41) is 9.71. The third-order valence-electron chi connectivity index (χ3n) is 3.99. The molecule has 0 spiro atoms. The fourth-order valence-electron chi connectivity index (χ4n) is 2.84. The van der Waals surface area contributed by atoms with Crippen molar-refractivity contribution in [1.82, 2.24) is 9.47 Å². The number of aliphatic hydroxyl groups is 1. The molecule has 1 aromatic heterocycles. The number of ether oxygens (including phenoxy) is 1. The van der Waals surface area contributed by atoms with Crippen LogP contribution in [0.5, 0.6) is 0 Å². The molecule has 0 bridgehead atoms. The molecule has 116 valence electrons. The zero-order valence-electron chi connectivity index (χ0n) is 12.6. The van der Waals surface area contributed by atoms with Crippen LogP contribution < -0.4 is 0 Å². The van der Waals surface area contributed by atoms with E-state index >= 15 is 0 Å². The molecule has 0 radical (unpaired) electrons. The number of ketones is 2. The molecule has 6 heteroatoms. The monoisotopic (exact) mass is 302 g/mol. The molecule has 0 unspecified atom stereocenters. The van der Waals surface area contributed by atoms with Crippen LogP contribution >= 0.6 is 0 Å². The van der Waals surface area contributed by atoms with Gasteiger partial charge in [-0.1, -0.05) is 6.08 Å². The molecule has 0 amide bonds. The second-order valence-electron chi connectivity index (χ2n) is 5.37. The van der Waals surface area contributed by atoms with Gasteiger partial charge in [0, 0.05) is 44.6 Å². The summed E-state index contributed by atoms with van der Waals surface area (Å²) in [5.74, 6) is -0.377. The molecule has 3 rings (SSSR count). The maximum Gasteiger partial charge on any atom is 0.211 e. The van der Waals surface area contributed by atoms with Gasteiger partial charge in [-0.25, -0.2) is 0 Å². The Hall–Kier alpha value is -2.18. The molecule has 6 nitrogen and oxygen atoms in total. The number of allylic oxidation sites excluding steroid dienone is 2. The average molecular weight is 302 g/mol. The van der Waals surface area contributed by atoms with Gasteiger partial charge in [0.2, 0.25) is 11.6 Å². The summed E-state index contributed by atoms with van der Waals surface area (Å²) in [5.41, 5.74) is 2.26. The normalized spacial score (nSPS) is 17.2. The van der Waals surface area contributed by atoms with Gasteiger partial charge in [0.15, 0.2) is 0 Å². The van der Waals surface area contributed by atoms with Crippen LogP contribution in [-0.4, -0.2) is 52.9 Å². The van der Waals surface area contributed by atoms with Crippen LogP contribution in [0.25, 0.3) is 6.08 Å². The Morgan fingerprint density at radius 2 is 2.09 bits per heavy atom. The second kappa shape index (κ2) is 5.55. The Balaban J connectivity index is 2.12. The van der Waals surface area contributed by atoms with E-state index < -0.39 is 0 Å². The van der Waals surface area contributed by atoms with Crippen molar-refractivity contribution < 1.29 is 19.4 Å². The number of aliphatic hydroxyl groups excluding tert-OH is 1. The van der Waals surface area contributed by atoms with E-state index in [2.05, 4.69) is 0 Å². The minimum absolute atomic E-state index is 0.182. The molecule has 0 aromatic carbocycles. The standard InChI is InChI=1S/C16H18N2O4/c1-17-11(4-3-7-22-2)10(9-19)14-15(17)13(20)8-12(16(14)21)18-5-6-18/h3-4,8,19H,5-7,9H2,1-2H3/b4-3+. The third kappa shape index (κ3) is 2.20. The lowest BCUT2D eigenvalue weighted by Gasteiger charge is -2.14. The third-order valence-corrected chi connectivity index (χ3v) is 3.99. The van der Waals surface area contributed by atoms with E-state index in [1.165, 1.54) is 6.08 Å². The lowest BCUT2D eigenvalue weighted by Crippen LogP contribution is -2.22. The van der Waals surface area contributed by atoms with Crippen molar-refractivity contribution in [3.63, 3.8) is 0 Å². The first-order valence-electron chi connectivity index (χ1n) is 7.13. The summed E-state index contributed by atoms with van der Waals surface area (Å²) in [4.78, 5) is 26.9. The van der Waals surface area contributed by atoms with E-state index in [-0.39, 0.29) is 18.2 Å². The maximum absolute atomic E-state index is 12.7. The minimum Gasteiger partial charge on any atom is -0.392 e. The molecule has 22 heavy (non-hydrogen) atoms. The summed E-state index contributed by atoms with van der Waals surface area (Å²) in [7, 11) is 3.31. The first kappa shape index (κ1) is 14.7. The van der Waals surface area contributed by atoms with Crippen molar-refractivity contribution in [3.05, 3.63) is 40.4 Å². The Bertz CT molecular complexity index is 708.